The fourth-order valence-corrected chi connectivity index (χ4v) is 1.99. The van der Waals surface area contributed by atoms with Crippen molar-refractivity contribution in [1.29, 1.82) is 0 Å². The van der Waals surface area contributed by atoms with Crippen molar-refractivity contribution in [2.75, 3.05) is 5.73 Å². The molecule has 6 heteroatoms. The third-order valence-corrected chi connectivity index (χ3v) is 2.84. The second-order valence-corrected chi connectivity index (χ2v) is 4.11. The molecule has 0 unspecified atom stereocenters. The van der Waals surface area contributed by atoms with Crippen molar-refractivity contribution in [1.82, 2.24) is 9.55 Å². The van der Waals surface area contributed by atoms with Crippen molar-refractivity contribution in [3.8, 4) is 0 Å². The first-order valence-electron chi connectivity index (χ1n) is 5.57. The number of hydrogen-bond donors (Lipinski definition) is 1. The Labute approximate surface area is 136 Å². The van der Waals surface area contributed by atoms with Crippen LogP contribution in [0.5, 0.6) is 0 Å². The number of aromatic nitrogens is 2. The topological polar surface area (TPSA) is 43.8 Å². The Balaban J connectivity index is 0.00000120. The van der Waals surface area contributed by atoms with Gasteiger partial charge in [0.15, 0.2) is 0 Å². The molecule has 3 nitrogen and oxygen atoms in total. The Hall–Kier alpha value is -1.42. The number of nitrogens with two attached hydrogens (primary N) is 1. The van der Waals surface area contributed by atoms with E-state index < -0.39 is 0 Å². The molecule has 0 aliphatic carbocycles. The molecule has 0 aliphatic heterocycles. The van der Waals surface area contributed by atoms with E-state index in [0.717, 1.165) is 23.3 Å². The first-order valence-corrected chi connectivity index (χ1v) is 5.57. The zero-order valence-electron chi connectivity index (χ0n) is 10.6. The van der Waals surface area contributed by atoms with E-state index in [0.29, 0.717) is 0 Å². The van der Waals surface area contributed by atoms with Crippen LogP contribution in [0.2, 0.25) is 0 Å². The summed E-state index contributed by atoms with van der Waals surface area (Å²) in [6.45, 7) is 0.835. The van der Waals surface area contributed by atoms with Crippen LogP contribution in [-0.2, 0) is 6.54 Å². The highest BCUT2D eigenvalue weighted by Gasteiger charge is 2.02. The van der Waals surface area contributed by atoms with Gasteiger partial charge in [-0.15, -0.1) is 37.2 Å². The predicted molar refractivity (Wildman–Crippen MR) is 91.4 cm³/mol. The zero-order chi connectivity index (χ0) is 11.7. The quantitative estimate of drug-likeness (QED) is 0.723. The number of halogens is 3. The molecule has 0 spiro atoms. The van der Waals surface area contributed by atoms with Gasteiger partial charge >= 0.3 is 0 Å². The Morgan fingerprint density at radius 2 is 1.65 bits per heavy atom. The third kappa shape index (κ3) is 3.79. The van der Waals surface area contributed by atoms with Gasteiger partial charge in [0.05, 0.1) is 17.4 Å². The fourth-order valence-electron chi connectivity index (χ4n) is 1.99. The van der Waals surface area contributed by atoms with Crippen molar-refractivity contribution >= 4 is 53.9 Å². The van der Waals surface area contributed by atoms with Crippen molar-refractivity contribution < 1.29 is 0 Å². The average molecular weight is 333 g/mol. The fraction of sp³-hybridized carbons (Fsp3) is 0.0714. The summed E-state index contributed by atoms with van der Waals surface area (Å²) in [5, 5.41) is 0. The summed E-state index contributed by atoms with van der Waals surface area (Å²) in [4.78, 5) is 4.36. The van der Waals surface area contributed by atoms with Crippen LogP contribution < -0.4 is 5.73 Å². The summed E-state index contributed by atoms with van der Waals surface area (Å²) >= 11 is 0. The van der Waals surface area contributed by atoms with Crippen LogP contribution in [0.25, 0.3) is 11.0 Å². The highest BCUT2D eigenvalue weighted by molar-refractivity contribution is 5.86. The molecule has 1 heterocycles. The van der Waals surface area contributed by atoms with Gasteiger partial charge in [0.2, 0.25) is 0 Å². The molecule has 20 heavy (non-hydrogen) atoms. The Morgan fingerprint density at radius 1 is 0.950 bits per heavy atom. The van der Waals surface area contributed by atoms with E-state index in [1.54, 1.807) is 0 Å². The highest BCUT2D eigenvalue weighted by Crippen LogP contribution is 2.17. The van der Waals surface area contributed by atoms with Crippen LogP contribution in [0, 0.1) is 0 Å². The average Bonchev–Trinajstić information content (AvgIpc) is 2.73. The molecule has 1 aromatic heterocycles. The summed E-state index contributed by atoms with van der Waals surface area (Å²) in [5.41, 5.74) is 9.82. The first kappa shape index (κ1) is 18.6. The number of hydrogen-bond acceptors (Lipinski definition) is 2. The van der Waals surface area contributed by atoms with Gasteiger partial charge in [-0.25, -0.2) is 4.98 Å². The number of nitrogens with zero attached hydrogens (tertiary/aromatic N) is 2. The molecule has 3 aromatic rings. The Morgan fingerprint density at radius 3 is 2.35 bits per heavy atom. The lowest BCUT2D eigenvalue weighted by molar-refractivity contribution is 0.824. The number of nitrogen functional groups attached to an aromatic ring is 1. The minimum Gasteiger partial charge on any atom is -0.399 e. The number of benzene rings is 2. The lowest BCUT2D eigenvalue weighted by Gasteiger charge is -2.04. The van der Waals surface area contributed by atoms with Crippen molar-refractivity contribution in [3.05, 3.63) is 60.4 Å². The maximum Gasteiger partial charge on any atom is 0.0961 e. The van der Waals surface area contributed by atoms with Gasteiger partial charge < -0.3 is 10.3 Å². The van der Waals surface area contributed by atoms with Gasteiger partial charge in [-0.3, -0.25) is 0 Å². The van der Waals surface area contributed by atoms with E-state index in [4.69, 9.17) is 5.73 Å². The normalized spacial score (nSPS) is 9.20. The van der Waals surface area contributed by atoms with Gasteiger partial charge in [-0.1, -0.05) is 30.3 Å². The van der Waals surface area contributed by atoms with Crippen LogP contribution >= 0.6 is 37.2 Å². The number of fused-ring (bicyclic) bond motifs is 1. The molecule has 0 amide bonds. The molecule has 3 rings (SSSR count). The molecule has 0 fully saturated rings. The summed E-state index contributed by atoms with van der Waals surface area (Å²) in [7, 11) is 0. The molecular weight excluding hydrogens is 317 g/mol. The minimum absolute atomic E-state index is 0. The summed E-state index contributed by atoms with van der Waals surface area (Å²) in [6.07, 6.45) is 1.86. The molecular formula is C14H16Cl3N3. The minimum atomic E-state index is 0. The summed E-state index contributed by atoms with van der Waals surface area (Å²) < 4.78 is 2.13. The molecule has 108 valence electrons. The molecule has 2 aromatic carbocycles. The van der Waals surface area contributed by atoms with E-state index in [1.165, 1.54) is 5.56 Å². The van der Waals surface area contributed by atoms with Crippen LogP contribution in [-0.4, -0.2) is 9.55 Å². The van der Waals surface area contributed by atoms with E-state index >= 15 is 0 Å². The van der Waals surface area contributed by atoms with Crippen molar-refractivity contribution in [2.24, 2.45) is 0 Å². The predicted octanol–water partition coefficient (Wildman–Crippen LogP) is 3.93. The van der Waals surface area contributed by atoms with Crippen LogP contribution in [0.3, 0.4) is 0 Å². The summed E-state index contributed by atoms with van der Waals surface area (Å²) in [6, 6.07) is 16.2. The van der Waals surface area contributed by atoms with Crippen molar-refractivity contribution in [3.63, 3.8) is 0 Å². The first-order chi connectivity index (χ1) is 8.33. The second kappa shape index (κ2) is 8.00. The van der Waals surface area contributed by atoms with Gasteiger partial charge in [-0.05, 0) is 23.8 Å². The van der Waals surface area contributed by atoms with E-state index in [2.05, 4.69) is 21.7 Å². The Kier molecular flexibility index (Phi) is 7.43. The number of imidazole rings is 1. The number of anilines is 1. The standard InChI is InChI=1S/C14H13N3.3ClH/c15-12-6-7-14-13(8-12)16-10-17(14)9-11-4-2-1-3-5-11;;;/h1-8,10H,9,15H2;3*1H. The number of rotatable bonds is 2. The van der Waals surface area contributed by atoms with Gasteiger partial charge in [0, 0.05) is 12.2 Å². The monoisotopic (exact) mass is 331 g/mol. The Bertz CT molecular complexity index is 653. The third-order valence-electron chi connectivity index (χ3n) is 2.84. The highest BCUT2D eigenvalue weighted by atomic mass is 35.5. The smallest absolute Gasteiger partial charge is 0.0961 e. The van der Waals surface area contributed by atoms with Crippen LogP contribution in [0.4, 0.5) is 5.69 Å². The van der Waals surface area contributed by atoms with E-state index in [-0.39, 0.29) is 37.2 Å². The SMILES string of the molecule is Cl.Cl.Cl.Nc1ccc2c(c1)ncn2Cc1ccccc1. The second-order valence-electron chi connectivity index (χ2n) is 4.11. The maximum atomic E-state index is 5.74. The molecule has 0 saturated carbocycles. The molecule has 0 saturated heterocycles. The zero-order valence-corrected chi connectivity index (χ0v) is 13.0. The maximum absolute atomic E-state index is 5.74. The largest absolute Gasteiger partial charge is 0.399 e. The lowest BCUT2D eigenvalue weighted by Crippen LogP contribution is -1.97. The van der Waals surface area contributed by atoms with Crippen LogP contribution in [0.1, 0.15) is 5.56 Å². The molecule has 0 bridgehead atoms. The summed E-state index contributed by atoms with van der Waals surface area (Å²) in [5.74, 6) is 0. The molecule has 0 atom stereocenters. The lowest BCUT2D eigenvalue weighted by atomic mass is 10.2. The van der Waals surface area contributed by atoms with Crippen molar-refractivity contribution in [2.45, 2.75) is 6.54 Å². The van der Waals surface area contributed by atoms with Gasteiger partial charge in [-0.2, -0.15) is 0 Å². The molecule has 2 N–H and O–H groups in total. The van der Waals surface area contributed by atoms with Gasteiger partial charge in [0.1, 0.15) is 0 Å². The van der Waals surface area contributed by atoms with E-state index in [1.807, 2.05) is 42.7 Å². The molecule has 0 aliphatic rings. The van der Waals surface area contributed by atoms with E-state index in [9.17, 15) is 0 Å². The van der Waals surface area contributed by atoms with Gasteiger partial charge in [0.25, 0.3) is 0 Å². The van der Waals surface area contributed by atoms with Crippen LogP contribution in [0.15, 0.2) is 54.9 Å². The molecule has 0 radical (unpaired) electrons.